The average Bonchev–Trinajstić information content (AvgIpc) is 2.59. The number of nitrogens with zero attached hydrogens (tertiary/aromatic N) is 2. The van der Waals surface area contributed by atoms with E-state index in [1.54, 1.807) is 36.4 Å². The summed E-state index contributed by atoms with van der Waals surface area (Å²) >= 11 is 0. The van der Waals surface area contributed by atoms with E-state index in [4.69, 9.17) is 0 Å². The van der Waals surface area contributed by atoms with Crippen molar-refractivity contribution in [2.24, 2.45) is 10.9 Å². The van der Waals surface area contributed by atoms with E-state index >= 15 is 0 Å². The van der Waals surface area contributed by atoms with E-state index in [2.05, 4.69) is 10.3 Å². The van der Waals surface area contributed by atoms with Crippen LogP contribution in [0.1, 0.15) is 11.1 Å². The molecule has 26 heavy (non-hydrogen) atoms. The van der Waals surface area contributed by atoms with Crippen LogP contribution >= 0.6 is 0 Å². The number of barbiturate groups is 1. The number of hydrogen-bond donors (Lipinski definition) is 2. The predicted molar refractivity (Wildman–Crippen MR) is 96.7 cm³/mol. The average molecular weight is 351 g/mol. The van der Waals surface area contributed by atoms with Gasteiger partial charge in [-0.25, -0.2) is 9.69 Å². The van der Waals surface area contributed by atoms with Crippen LogP contribution in [0.2, 0.25) is 0 Å². The molecule has 1 fully saturated rings. The Bertz CT molecular complexity index is 936. The van der Waals surface area contributed by atoms with Crippen molar-refractivity contribution in [3.05, 3.63) is 53.6 Å². The largest absolute Gasteiger partial charge is 0.506 e. The van der Waals surface area contributed by atoms with Gasteiger partial charge >= 0.3 is 6.03 Å². The first-order chi connectivity index (χ1) is 12.4. The van der Waals surface area contributed by atoms with Gasteiger partial charge < -0.3 is 5.11 Å². The highest BCUT2D eigenvalue weighted by atomic mass is 16.3. The molecule has 2 aromatic carbocycles. The molecule has 7 nitrogen and oxygen atoms in total. The summed E-state index contributed by atoms with van der Waals surface area (Å²) in [5.41, 5.74) is 2.54. The summed E-state index contributed by atoms with van der Waals surface area (Å²) in [5, 5.41) is 11.9. The van der Waals surface area contributed by atoms with Gasteiger partial charge in [-0.1, -0.05) is 18.2 Å². The van der Waals surface area contributed by atoms with Crippen molar-refractivity contribution in [1.82, 2.24) is 5.32 Å². The van der Waals surface area contributed by atoms with Crippen LogP contribution in [0.25, 0.3) is 0 Å². The Labute approximate surface area is 150 Å². The van der Waals surface area contributed by atoms with Crippen molar-refractivity contribution in [2.75, 3.05) is 4.90 Å². The second-order valence-electron chi connectivity index (χ2n) is 5.98. The van der Waals surface area contributed by atoms with Gasteiger partial charge in [-0.15, -0.1) is 0 Å². The SMILES string of the molecule is Cc1ccc(N2C(=O)NC(=O)C(C=Nc3ccccc3O)C2=O)cc1C. The van der Waals surface area contributed by atoms with Crippen LogP contribution in [0, 0.1) is 19.8 Å². The lowest BCUT2D eigenvalue weighted by Crippen LogP contribution is -2.58. The topological polar surface area (TPSA) is 99.1 Å². The number of para-hydroxylation sites is 2. The molecule has 1 aliphatic rings. The normalized spacial score (nSPS) is 17.7. The lowest BCUT2D eigenvalue weighted by Gasteiger charge is -2.28. The quantitative estimate of drug-likeness (QED) is 0.656. The van der Waals surface area contributed by atoms with Gasteiger partial charge in [0.1, 0.15) is 11.4 Å². The molecular weight excluding hydrogens is 334 g/mol. The molecule has 132 valence electrons. The molecule has 1 atom stereocenters. The molecule has 3 rings (SSSR count). The zero-order valence-electron chi connectivity index (χ0n) is 14.3. The van der Waals surface area contributed by atoms with Crippen molar-refractivity contribution in [3.63, 3.8) is 0 Å². The maximum atomic E-state index is 12.7. The van der Waals surface area contributed by atoms with E-state index in [0.29, 0.717) is 5.69 Å². The minimum atomic E-state index is -1.27. The van der Waals surface area contributed by atoms with Crippen LogP contribution in [-0.4, -0.2) is 29.2 Å². The molecule has 7 heteroatoms. The highest BCUT2D eigenvalue weighted by molar-refractivity contribution is 6.32. The summed E-state index contributed by atoms with van der Waals surface area (Å²) in [6, 6.07) is 10.6. The van der Waals surface area contributed by atoms with Gasteiger partial charge in [-0.2, -0.15) is 0 Å². The maximum Gasteiger partial charge on any atom is 0.335 e. The molecule has 0 saturated carbocycles. The number of phenols is 1. The van der Waals surface area contributed by atoms with Crippen LogP contribution in [0.5, 0.6) is 5.75 Å². The summed E-state index contributed by atoms with van der Waals surface area (Å²) in [7, 11) is 0. The Morgan fingerprint density at radius 3 is 2.50 bits per heavy atom. The van der Waals surface area contributed by atoms with E-state index in [0.717, 1.165) is 22.2 Å². The van der Waals surface area contributed by atoms with Crippen LogP contribution < -0.4 is 10.2 Å². The van der Waals surface area contributed by atoms with Gasteiger partial charge in [-0.3, -0.25) is 19.9 Å². The fourth-order valence-electron chi connectivity index (χ4n) is 2.56. The highest BCUT2D eigenvalue weighted by Crippen LogP contribution is 2.26. The van der Waals surface area contributed by atoms with Crippen LogP contribution in [-0.2, 0) is 9.59 Å². The maximum absolute atomic E-state index is 12.7. The molecule has 2 aromatic rings. The van der Waals surface area contributed by atoms with Gasteiger partial charge in [0.05, 0.1) is 5.69 Å². The molecule has 1 saturated heterocycles. The van der Waals surface area contributed by atoms with Gasteiger partial charge in [-0.05, 0) is 49.2 Å². The molecule has 0 bridgehead atoms. The van der Waals surface area contributed by atoms with Crippen LogP contribution in [0.4, 0.5) is 16.2 Å². The third kappa shape index (κ3) is 3.19. The Morgan fingerprint density at radius 1 is 1.08 bits per heavy atom. The van der Waals surface area contributed by atoms with Crippen molar-refractivity contribution in [2.45, 2.75) is 13.8 Å². The molecule has 0 aromatic heterocycles. The summed E-state index contributed by atoms with van der Waals surface area (Å²) in [4.78, 5) is 41.9. The van der Waals surface area contributed by atoms with Crippen molar-refractivity contribution in [3.8, 4) is 5.75 Å². The number of nitrogens with one attached hydrogen (secondary N) is 1. The summed E-state index contributed by atoms with van der Waals surface area (Å²) in [6.07, 6.45) is 1.13. The van der Waals surface area contributed by atoms with E-state index in [9.17, 15) is 19.5 Å². The molecule has 2 N–H and O–H groups in total. The number of aryl methyl sites for hydroxylation is 2. The molecular formula is C19H17N3O4. The van der Waals surface area contributed by atoms with E-state index in [1.165, 1.54) is 6.07 Å². The van der Waals surface area contributed by atoms with Gasteiger partial charge in [0, 0.05) is 6.21 Å². The van der Waals surface area contributed by atoms with Gasteiger partial charge in [0.2, 0.25) is 5.91 Å². The monoisotopic (exact) mass is 351 g/mol. The van der Waals surface area contributed by atoms with Crippen molar-refractivity contribution in [1.29, 1.82) is 0 Å². The molecule has 4 amide bonds. The number of aromatic hydroxyl groups is 1. The Kier molecular flexibility index (Phi) is 4.53. The molecule has 1 heterocycles. The Hall–Kier alpha value is -3.48. The number of anilines is 1. The van der Waals surface area contributed by atoms with Crippen LogP contribution in [0.15, 0.2) is 47.5 Å². The first kappa shape index (κ1) is 17.3. The summed E-state index contributed by atoms with van der Waals surface area (Å²) in [5.74, 6) is -2.79. The number of carbonyl (C=O) groups excluding carboxylic acids is 3. The number of aliphatic imine (C=N–C) groups is 1. The number of imide groups is 2. The Morgan fingerprint density at radius 2 is 1.81 bits per heavy atom. The standard InChI is InChI=1S/C19H17N3O4/c1-11-7-8-13(9-12(11)2)22-18(25)14(17(24)21-19(22)26)10-20-15-5-3-4-6-16(15)23/h3-10,14,23H,1-2H3,(H,21,24,26). The third-order valence-electron chi connectivity index (χ3n) is 4.20. The zero-order chi connectivity index (χ0) is 18.8. The number of phenolic OH excluding ortho intramolecular Hbond substituents is 1. The van der Waals surface area contributed by atoms with Crippen molar-refractivity contribution < 1.29 is 19.5 Å². The van der Waals surface area contributed by atoms with Crippen LogP contribution in [0.3, 0.4) is 0 Å². The molecule has 0 spiro atoms. The summed E-state index contributed by atoms with van der Waals surface area (Å²) in [6.45, 7) is 3.79. The zero-order valence-corrected chi connectivity index (χ0v) is 14.3. The number of carbonyl (C=O) groups is 3. The number of rotatable bonds is 3. The van der Waals surface area contributed by atoms with Gasteiger partial charge in [0.15, 0.2) is 5.92 Å². The van der Waals surface area contributed by atoms with Crippen molar-refractivity contribution >= 4 is 35.4 Å². The molecule has 0 aliphatic carbocycles. The van der Waals surface area contributed by atoms with E-state index in [1.807, 2.05) is 13.8 Å². The molecule has 1 aliphatic heterocycles. The number of hydrogen-bond acceptors (Lipinski definition) is 5. The minimum Gasteiger partial charge on any atom is -0.506 e. The summed E-state index contributed by atoms with van der Waals surface area (Å²) < 4.78 is 0. The number of urea groups is 1. The molecule has 1 unspecified atom stereocenters. The Balaban J connectivity index is 1.93. The molecule has 0 radical (unpaired) electrons. The first-order valence-corrected chi connectivity index (χ1v) is 7.96. The lowest BCUT2D eigenvalue weighted by molar-refractivity contribution is -0.131. The first-order valence-electron chi connectivity index (χ1n) is 7.96. The fraction of sp³-hybridized carbons (Fsp3) is 0.158. The fourth-order valence-corrected chi connectivity index (χ4v) is 2.56. The van der Waals surface area contributed by atoms with Gasteiger partial charge in [0.25, 0.3) is 5.91 Å². The minimum absolute atomic E-state index is 0.0745. The lowest BCUT2D eigenvalue weighted by atomic mass is 10.0. The number of benzene rings is 2. The van der Waals surface area contributed by atoms with E-state index in [-0.39, 0.29) is 11.4 Å². The number of amides is 4. The van der Waals surface area contributed by atoms with E-state index < -0.39 is 23.8 Å². The second kappa shape index (κ2) is 6.79. The second-order valence-corrected chi connectivity index (χ2v) is 5.98. The predicted octanol–water partition coefficient (Wildman–Crippen LogP) is 2.61. The highest BCUT2D eigenvalue weighted by Gasteiger charge is 2.40. The smallest absolute Gasteiger partial charge is 0.335 e. The third-order valence-corrected chi connectivity index (χ3v) is 4.20.